The number of para-hydroxylation sites is 2. The fourth-order valence-electron chi connectivity index (χ4n) is 2.29. The number of ether oxygens (including phenoxy) is 2. The molecule has 1 N–H and O–H groups in total. The van der Waals surface area contributed by atoms with Gasteiger partial charge in [0.2, 0.25) is 0 Å². The Balaban J connectivity index is 1.58. The van der Waals surface area contributed by atoms with E-state index in [-0.39, 0.29) is 12.1 Å². The minimum absolute atomic E-state index is 0.0358. The molecule has 20 heavy (non-hydrogen) atoms. The molecular formula is C17H19NO2. The van der Waals surface area contributed by atoms with Gasteiger partial charge in [-0.15, -0.1) is 0 Å². The summed E-state index contributed by atoms with van der Waals surface area (Å²) >= 11 is 0. The van der Waals surface area contributed by atoms with Gasteiger partial charge in [0.05, 0.1) is 0 Å². The number of hydrogen-bond acceptors (Lipinski definition) is 3. The Morgan fingerprint density at radius 3 is 2.55 bits per heavy atom. The molecule has 0 fully saturated rings. The van der Waals surface area contributed by atoms with Crippen molar-refractivity contribution in [1.29, 1.82) is 0 Å². The van der Waals surface area contributed by atoms with Crippen LogP contribution in [0.5, 0.6) is 11.5 Å². The zero-order valence-electron chi connectivity index (χ0n) is 11.6. The van der Waals surface area contributed by atoms with E-state index in [2.05, 4.69) is 36.5 Å². The Morgan fingerprint density at radius 1 is 1.05 bits per heavy atom. The standard InChI is InChI=1S/C17H19NO2/c1-13(18-11-14-7-3-2-4-8-14)17-12-19-15-9-5-6-10-16(15)20-17/h2-10,13,17-18H,11-12H2,1H3/t13-,17-/m0/s1. The third kappa shape index (κ3) is 2.94. The van der Waals surface area contributed by atoms with Crippen LogP contribution >= 0.6 is 0 Å². The molecule has 0 aromatic heterocycles. The average Bonchev–Trinajstić information content (AvgIpc) is 2.53. The first-order valence-corrected chi connectivity index (χ1v) is 6.99. The molecule has 2 atom stereocenters. The Bertz CT molecular complexity index is 556. The Hall–Kier alpha value is -2.00. The molecule has 0 amide bonds. The third-order valence-corrected chi connectivity index (χ3v) is 3.56. The van der Waals surface area contributed by atoms with Crippen molar-refractivity contribution in [2.24, 2.45) is 0 Å². The lowest BCUT2D eigenvalue weighted by Crippen LogP contribution is -2.45. The molecule has 0 saturated heterocycles. The summed E-state index contributed by atoms with van der Waals surface area (Å²) in [4.78, 5) is 0. The van der Waals surface area contributed by atoms with Crippen LogP contribution in [0.2, 0.25) is 0 Å². The van der Waals surface area contributed by atoms with Crippen molar-refractivity contribution in [2.75, 3.05) is 6.61 Å². The van der Waals surface area contributed by atoms with Gasteiger partial charge in [-0.05, 0) is 24.6 Å². The van der Waals surface area contributed by atoms with Crippen LogP contribution in [0.3, 0.4) is 0 Å². The molecule has 2 aromatic rings. The van der Waals surface area contributed by atoms with Crippen molar-refractivity contribution >= 4 is 0 Å². The predicted molar refractivity (Wildman–Crippen MR) is 79.1 cm³/mol. The van der Waals surface area contributed by atoms with E-state index < -0.39 is 0 Å². The summed E-state index contributed by atoms with van der Waals surface area (Å²) < 4.78 is 11.7. The molecular weight excluding hydrogens is 250 g/mol. The summed E-state index contributed by atoms with van der Waals surface area (Å²) in [5, 5.41) is 3.49. The lowest BCUT2D eigenvalue weighted by Gasteiger charge is -2.31. The molecule has 1 aliphatic heterocycles. The molecule has 0 bridgehead atoms. The smallest absolute Gasteiger partial charge is 0.161 e. The Kier molecular flexibility index (Phi) is 3.88. The number of rotatable bonds is 4. The molecule has 3 rings (SSSR count). The zero-order chi connectivity index (χ0) is 13.8. The summed E-state index contributed by atoms with van der Waals surface area (Å²) in [5.41, 5.74) is 1.27. The van der Waals surface area contributed by atoms with Crippen molar-refractivity contribution in [1.82, 2.24) is 5.32 Å². The average molecular weight is 269 g/mol. The van der Waals surface area contributed by atoms with Gasteiger partial charge >= 0.3 is 0 Å². The number of fused-ring (bicyclic) bond motifs is 1. The number of nitrogens with one attached hydrogen (secondary N) is 1. The van der Waals surface area contributed by atoms with Gasteiger partial charge in [0.15, 0.2) is 11.5 Å². The molecule has 2 aromatic carbocycles. The quantitative estimate of drug-likeness (QED) is 0.925. The molecule has 1 heterocycles. The maximum absolute atomic E-state index is 5.99. The van der Waals surface area contributed by atoms with Gasteiger partial charge in [0, 0.05) is 12.6 Å². The van der Waals surface area contributed by atoms with Crippen LogP contribution in [-0.2, 0) is 6.54 Å². The Labute approximate surface area is 119 Å². The van der Waals surface area contributed by atoms with Crippen LogP contribution in [0, 0.1) is 0 Å². The number of benzene rings is 2. The normalized spacial score (nSPS) is 18.6. The second-order valence-electron chi connectivity index (χ2n) is 5.07. The minimum atomic E-state index is 0.0358. The van der Waals surface area contributed by atoms with Gasteiger partial charge in [-0.3, -0.25) is 0 Å². The van der Waals surface area contributed by atoms with E-state index in [4.69, 9.17) is 9.47 Å². The van der Waals surface area contributed by atoms with Gasteiger partial charge < -0.3 is 14.8 Å². The van der Waals surface area contributed by atoms with E-state index in [9.17, 15) is 0 Å². The number of hydrogen-bond donors (Lipinski definition) is 1. The van der Waals surface area contributed by atoms with E-state index in [1.54, 1.807) is 0 Å². The van der Waals surface area contributed by atoms with Crippen molar-refractivity contribution < 1.29 is 9.47 Å². The highest BCUT2D eigenvalue weighted by atomic mass is 16.6. The highest BCUT2D eigenvalue weighted by Crippen LogP contribution is 2.31. The second kappa shape index (κ2) is 5.97. The van der Waals surface area contributed by atoms with E-state index in [1.165, 1.54) is 5.56 Å². The van der Waals surface area contributed by atoms with E-state index in [1.807, 2.05) is 30.3 Å². The summed E-state index contributed by atoms with van der Waals surface area (Å²) in [5.74, 6) is 1.66. The highest BCUT2D eigenvalue weighted by molar-refractivity contribution is 5.40. The lowest BCUT2D eigenvalue weighted by molar-refractivity contribution is 0.0662. The zero-order valence-corrected chi connectivity index (χ0v) is 11.6. The fraction of sp³-hybridized carbons (Fsp3) is 0.294. The van der Waals surface area contributed by atoms with E-state index in [0.717, 1.165) is 18.0 Å². The first-order chi connectivity index (χ1) is 9.83. The fourth-order valence-corrected chi connectivity index (χ4v) is 2.29. The van der Waals surface area contributed by atoms with E-state index >= 15 is 0 Å². The summed E-state index contributed by atoms with van der Waals surface area (Å²) in [6.45, 7) is 3.55. The molecule has 0 aliphatic carbocycles. The maximum Gasteiger partial charge on any atom is 0.161 e. The summed E-state index contributed by atoms with van der Waals surface area (Å²) in [7, 11) is 0. The van der Waals surface area contributed by atoms with Crippen LogP contribution < -0.4 is 14.8 Å². The molecule has 0 radical (unpaired) electrons. The van der Waals surface area contributed by atoms with Gasteiger partial charge in [0.25, 0.3) is 0 Å². The van der Waals surface area contributed by atoms with Crippen molar-refractivity contribution in [2.45, 2.75) is 25.6 Å². The Morgan fingerprint density at radius 2 is 1.75 bits per heavy atom. The van der Waals surface area contributed by atoms with Crippen LogP contribution in [0.25, 0.3) is 0 Å². The largest absolute Gasteiger partial charge is 0.486 e. The first kappa shape index (κ1) is 13.0. The highest BCUT2D eigenvalue weighted by Gasteiger charge is 2.25. The topological polar surface area (TPSA) is 30.5 Å². The van der Waals surface area contributed by atoms with Gasteiger partial charge in [-0.25, -0.2) is 0 Å². The van der Waals surface area contributed by atoms with Crippen molar-refractivity contribution in [3.63, 3.8) is 0 Å². The molecule has 0 unspecified atom stereocenters. The first-order valence-electron chi connectivity index (χ1n) is 6.99. The maximum atomic E-state index is 5.99. The van der Waals surface area contributed by atoms with Gasteiger partial charge in [-0.1, -0.05) is 42.5 Å². The lowest BCUT2D eigenvalue weighted by atomic mass is 10.1. The summed E-state index contributed by atoms with van der Waals surface area (Å²) in [6.07, 6.45) is 0.0358. The van der Waals surface area contributed by atoms with Crippen LogP contribution in [0.15, 0.2) is 54.6 Å². The molecule has 0 spiro atoms. The predicted octanol–water partition coefficient (Wildman–Crippen LogP) is 3.00. The van der Waals surface area contributed by atoms with Crippen LogP contribution in [0.1, 0.15) is 12.5 Å². The SMILES string of the molecule is C[C@H](NCc1ccccc1)[C@@H]1COc2ccccc2O1. The van der Waals surface area contributed by atoms with Crippen molar-refractivity contribution in [3.05, 3.63) is 60.2 Å². The molecule has 104 valence electrons. The van der Waals surface area contributed by atoms with Gasteiger partial charge in [-0.2, -0.15) is 0 Å². The molecule has 3 nitrogen and oxygen atoms in total. The van der Waals surface area contributed by atoms with Crippen LogP contribution in [0.4, 0.5) is 0 Å². The summed E-state index contributed by atoms with van der Waals surface area (Å²) in [6, 6.07) is 18.4. The van der Waals surface area contributed by atoms with E-state index in [0.29, 0.717) is 6.61 Å². The minimum Gasteiger partial charge on any atom is -0.486 e. The molecule has 3 heteroatoms. The van der Waals surface area contributed by atoms with Crippen molar-refractivity contribution in [3.8, 4) is 11.5 Å². The van der Waals surface area contributed by atoms with Crippen LogP contribution in [-0.4, -0.2) is 18.8 Å². The molecule has 1 aliphatic rings. The second-order valence-corrected chi connectivity index (χ2v) is 5.07. The van der Waals surface area contributed by atoms with Gasteiger partial charge in [0.1, 0.15) is 12.7 Å². The third-order valence-electron chi connectivity index (χ3n) is 3.56. The molecule has 0 saturated carbocycles. The monoisotopic (exact) mass is 269 g/mol.